The van der Waals surface area contributed by atoms with Gasteiger partial charge in [0, 0.05) is 16.9 Å². The highest BCUT2D eigenvalue weighted by Crippen LogP contribution is 2.42. The molecule has 5 rings (SSSR count). The van der Waals surface area contributed by atoms with E-state index in [9.17, 15) is 4.79 Å². The summed E-state index contributed by atoms with van der Waals surface area (Å²) in [5.74, 6) is 2.91. The standard InChI is InChI=1S/C29H32N2O3S/c1-29(2,3)20-12-15-23-24(18-20)35-28-25(23)27(32)30-26(31-28)19-10-13-22(14-11-19)34-17-7-16-33-21-8-5-4-6-9-21/h4-6,8-11,13-14,20H,7,12,15-18H2,1-3H3,(H,30,31,32). The number of ether oxygens (including phenoxy) is 2. The summed E-state index contributed by atoms with van der Waals surface area (Å²) in [4.78, 5) is 23.1. The SMILES string of the molecule is CC(C)(C)C1CCc2c(sc3nc(-c4ccc(OCCCOc5ccccc5)cc4)[nH]c(=O)c23)C1. The predicted molar refractivity (Wildman–Crippen MR) is 143 cm³/mol. The Balaban J connectivity index is 1.24. The summed E-state index contributed by atoms with van der Waals surface area (Å²) in [6.45, 7) is 8.11. The van der Waals surface area contributed by atoms with Gasteiger partial charge in [0.15, 0.2) is 0 Å². The number of rotatable bonds is 7. The van der Waals surface area contributed by atoms with Gasteiger partial charge < -0.3 is 14.5 Å². The fourth-order valence-corrected chi connectivity index (χ4v) is 6.02. The van der Waals surface area contributed by atoms with Crippen molar-refractivity contribution < 1.29 is 9.47 Å². The third-order valence-electron chi connectivity index (χ3n) is 6.84. The molecule has 2 aromatic carbocycles. The van der Waals surface area contributed by atoms with Crippen molar-refractivity contribution in [3.05, 3.63) is 75.4 Å². The number of nitrogens with one attached hydrogen (secondary N) is 1. The number of hydrogen-bond acceptors (Lipinski definition) is 5. The molecule has 2 aromatic heterocycles. The van der Waals surface area contributed by atoms with Crippen LogP contribution in [0.1, 0.15) is 44.1 Å². The van der Waals surface area contributed by atoms with E-state index >= 15 is 0 Å². The molecule has 0 spiro atoms. The number of aromatic nitrogens is 2. The van der Waals surface area contributed by atoms with Gasteiger partial charge in [0.05, 0.1) is 18.6 Å². The molecule has 1 aliphatic rings. The zero-order valence-corrected chi connectivity index (χ0v) is 21.4. The molecule has 0 saturated heterocycles. The number of benzene rings is 2. The zero-order valence-electron chi connectivity index (χ0n) is 20.6. The number of H-pyrrole nitrogens is 1. The van der Waals surface area contributed by atoms with Crippen molar-refractivity contribution in [2.45, 2.75) is 46.5 Å². The van der Waals surface area contributed by atoms with Crippen LogP contribution in [0.5, 0.6) is 11.5 Å². The van der Waals surface area contributed by atoms with Crippen molar-refractivity contribution in [3.63, 3.8) is 0 Å². The van der Waals surface area contributed by atoms with Gasteiger partial charge in [-0.15, -0.1) is 11.3 Å². The van der Waals surface area contributed by atoms with Gasteiger partial charge in [-0.05, 0) is 72.6 Å². The number of aryl methyl sites for hydroxylation is 1. The van der Waals surface area contributed by atoms with Gasteiger partial charge in [0.2, 0.25) is 0 Å². The Morgan fingerprint density at radius 3 is 2.37 bits per heavy atom. The first kappa shape index (κ1) is 23.6. The molecular weight excluding hydrogens is 456 g/mol. The molecule has 35 heavy (non-hydrogen) atoms. The quantitative estimate of drug-likeness (QED) is 0.296. The van der Waals surface area contributed by atoms with Gasteiger partial charge in [-0.2, -0.15) is 0 Å². The Morgan fingerprint density at radius 1 is 1.00 bits per heavy atom. The van der Waals surface area contributed by atoms with Gasteiger partial charge >= 0.3 is 0 Å². The highest BCUT2D eigenvalue weighted by molar-refractivity contribution is 7.18. The maximum absolute atomic E-state index is 13.0. The fourth-order valence-electron chi connectivity index (χ4n) is 4.72. The first-order valence-corrected chi connectivity index (χ1v) is 13.2. The number of hydrogen-bond donors (Lipinski definition) is 1. The molecule has 5 nitrogen and oxygen atoms in total. The van der Waals surface area contributed by atoms with Gasteiger partial charge in [-0.1, -0.05) is 39.0 Å². The maximum atomic E-state index is 13.0. The van der Waals surface area contributed by atoms with Gasteiger partial charge in [-0.3, -0.25) is 4.79 Å². The lowest BCUT2D eigenvalue weighted by molar-refractivity contribution is 0.218. The average Bonchev–Trinajstić information content (AvgIpc) is 3.22. The van der Waals surface area contributed by atoms with Gasteiger partial charge in [-0.25, -0.2) is 4.98 Å². The molecule has 0 bridgehead atoms. The van der Waals surface area contributed by atoms with E-state index in [0.29, 0.717) is 25.0 Å². The second-order valence-corrected chi connectivity index (χ2v) is 11.4. The van der Waals surface area contributed by atoms with E-state index < -0.39 is 0 Å². The van der Waals surface area contributed by atoms with Crippen LogP contribution < -0.4 is 15.0 Å². The minimum Gasteiger partial charge on any atom is -0.493 e. The van der Waals surface area contributed by atoms with E-state index in [2.05, 4.69) is 25.8 Å². The molecule has 1 N–H and O–H groups in total. The highest BCUT2D eigenvalue weighted by atomic mass is 32.1. The number of fused-ring (bicyclic) bond motifs is 3. The third-order valence-corrected chi connectivity index (χ3v) is 7.99. The molecule has 0 aliphatic heterocycles. The van der Waals surface area contributed by atoms with Crippen LogP contribution in [0.3, 0.4) is 0 Å². The maximum Gasteiger partial charge on any atom is 0.260 e. The predicted octanol–water partition coefficient (Wildman–Crippen LogP) is 6.65. The average molecular weight is 489 g/mol. The van der Waals surface area contributed by atoms with E-state index in [0.717, 1.165) is 53.0 Å². The van der Waals surface area contributed by atoms with Crippen molar-refractivity contribution >= 4 is 21.6 Å². The summed E-state index contributed by atoms with van der Waals surface area (Å²) in [6, 6.07) is 17.5. The molecule has 4 aromatic rings. The summed E-state index contributed by atoms with van der Waals surface area (Å²) in [5.41, 5.74) is 2.33. The monoisotopic (exact) mass is 488 g/mol. The summed E-state index contributed by atoms with van der Waals surface area (Å²) in [6.07, 6.45) is 3.92. The van der Waals surface area contributed by atoms with Crippen molar-refractivity contribution in [1.29, 1.82) is 0 Å². The minimum absolute atomic E-state index is 0.0320. The Labute approximate surface area is 210 Å². The summed E-state index contributed by atoms with van der Waals surface area (Å²) < 4.78 is 11.5. The summed E-state index contributed by atoms with van der Waals surface area (Å²) >= 11 is 1.69. The van der Waals surface area contributed by atoms with Crippen LogP contribution in [0.25, 0.3) is 21.6 Å². The van der Waals surface area contributed by atoms with Crippen LogP contribution >= 0.6 is 11.3 Å². The van der Waals surface area contributed by atoms with E-state index in [1.54, 1.807) is 11.3 Å². The van der Waals surface area contributed by atoms with Crippen LogP contribution in [0.15, 0.2) is 59.4 Å². The molecule has 1 aliphatic carbocycles. The lowest BCUT2D eigenvalue weighted by Gasteiger charge is -2.33. The van der Waals surface area contributed by atoms with E-state index in [1.807, 2.05) is 54.6 Å². The van der Waals surface area contributed by atoms with Gasteiger partial charge in [0.1, 0.15) is 22.2 Å². The third kappa shape index (κ3) is 5.27. The molecule has 6 heteroatoms. The minimum atomic E-state index is -0.0320. The van der Waals surface area contributed by atoms with Crippen LogP contribution in [-0.4, -0.2) is 23.2 Å². The molecule has 0 radical (unpaired) electrons. The fraction of sp³-hybridized carbons (Fsp3) is 0.379. The molecule has 0 amide bonds. The van der Waals surface area contributed by atoms with E-state index in [4.69, 9.17) is 14.5 Å². The van der Waals surface area contributed by atoms with Crippen molar-refractivity contribution in [3.8, 4) is 22.9 Å². The molecule has 1 atom stereocenters. The second kappa shape index (κ2) is 9.86. The van der Waals surface area contributed by atoms with E-state index in [-0.39, 0.29) is 11.0 Å². The normalized spacial score (nSPS) is 15.7. The van der Waals surface area contributed by atoms with Crippen LogP contribution in [0.4, 0.5) is 0 Å². The molecule has 0 fully saturated rings. The van der Waals surface area contributed by atoms with E-state index in [1.165, 1.54) is 10.4 Å². The molecule has 1 unspecified atom stereocenters. The topological polar surface area (TPSA) is 64.2 Å². The van der Waals surface area contributed by atoms with Crippen LogP contribution in [-0.2, 0) is 12.8 Å². The van der Waals surface area contributed by atoms with Crippen LogP contribution in [0.2, 0.25) is 0 Å². The number of para-hydroxylation sites is 1. The Bertz CT molecular complexity index is 1350. The summed E-state index contributed by atoms with van der Waals surface area (Å²) in [5, 5.41) is 0.791. The first-order chi connectivity index (χ1) is 16.9. The van der Waals surface area contributed by atoms with Crippen molar-refractivity contribution in [2.24, 2.45) is 11.3 Å². The number of nitrogens with zero attached hydrogens (tertiary/aromatic N) is 1. The Hall–Kier alpha value is -3.12. The number of thiophene rings is 1. The lowest BCUT2D eigenvalue weighted by atomic mass is 9.72. The lowest BCUT2D eigenvalue weighted by Crippen LogP contribution is -2.26. The molecule has 182 valence electrons. The number of aromatic amines is 1. The van der Waals surface area contributed by atoms with Crippen molar-refractivity contribution in [2.75, 3.05) is 13.2 Å². The Kier molecular flexibility index (Phi) is 6.65. The molecule has 2 heterocycles. The second-order valence-electron chi connectivity index (χ2n) is 10.3. The first-order valence-electron chi connectivity index (χ1n) is 12.3. The smallest absolute Gasteiger partial charge is 0.260 e. The van der Waals surface area contributed by atoms with Gasteiger partial charge in [0.25, 0.3) is 5.56 Å². The van der Waals surface area contributed by atoms with Crippen molar-refractivity contribution in [1.82, 2.24) is 9.97 Å². The molecule has 0 saturated carbocycles. The molecular formula is C29H32N2O3S. The summed E-state index contributed by atoms with van der Waals surface area (Å²) in [7, 11) is 0. The Morgan fingerprint density at radius 2 is 1.69 bits per heavy atom. The largest absolute Gasteiger partial charge is 0.493 e. The zero-order chi connectivity index (χ0) is 24.4. The highest BCUT2D eigenvalue weighted by Gasteiger charge is 2.31. The van der Waals surface area contributed by atoms with Crippen LogP contribution in [0, 0.1) is 11.3 Å².